The Morgan fingerprint density at radius 3 is 1.05 bits per heavy atom. The summed E-state index contributed by atoms with van der Waals surface area (Å²) in [6.45, 7) is 7.21. The molecule has 0 atom stereocenters. The molecule has 0 bridgehead atoms. The van der Waals surface area contributed by atoms with E-state index in [1.165, 1.54) is 0 Å². The topological polar surface area (TPSA) is 411 Å². The molecule has 0 saturated heterocycles. The van der Waals surface area contributed by atoms with Gasteiger partial charge in [-0.3, -0.25) is 0 Å². The summed E-state index contributed by atoms with van der Waals surface area (Å²) in [5, 5.41) is 0. The molecule has 134 valence electrons. The molecule has 0 aromatic carbocycles. The van der Waals surface area contributed by atoms with Crippen LogP contribution in [0.15, 0.2) is 12.2 Å². The van der Waals surface area contributed by atoms with Crippen LogP contribution in [0.1, 0.15) is 13.8 Å². The SMILES string of the molecule is C=C(C)C(=O)OCC.N.N.N.N.N.N.N.N.N.N.N. The van der Waals surface area contributed by atoms with Gasteiger partial charge in [0.1, 0.15) is 0 Å². The average molecular weight is 301 g/mol. The Bertz CT molecular complexity index is 124. The fourth-order valence-electron chi connectivity index (χ4n) is 0.254. The molecule has 13 heteroatoms. The second kappa shape index (κ2) is 91.0. The normalized spacial score (nSPS) is 3.47. The third kappa shape index (κ3) is 110. The van der Waals surface area contributed by atoms with Crippen LogP contribution in [-0.4, -0.2) is 12.6 Å². The fourth-order valence-corrected chi connectivity index (χ4v) is 0.254. The van der Waals surface area contributed by atoms with Gasteiger partial charge >= 0.3 is 5.97 Å². The third-order valence-corrected chi connectivity index (χ3v) is 0.624. The van der Waals surface area contributed by atoms with Crippen LogP contribution >= 0.6 is 0 Å². The molecule has 0 amide bonds. The Labute approximate surface area is 117 Å². The lowest BCUT2D eigenvalue weighted by molar-refractivity contribution is -0.138. The molecule has 0 aromatic rings. The second-order valence-corrected chi connectivity index (χ2v) is 1.50. The van der Waals surface area contributed by atoms with Crippen molar-refractivity contribution in [2.75, 3.05) is 6.61 Å². The first-order chi connectivity index (χ1) is 3.68. The second-order valence-electron chi connectivity index (χ2n) is 1.50. The Morgan fingerprint density at radius 2 is 1.00 bits per heavy atom. The van der Waals surface area contributed by atoms with Gasteiger partial charge in [0.15, 0.2) is 0 Å². The maximum atomic E-state index is 10.4. The summed E-state index contributed by atoms with van der Waals surface area (Å²) in [5.41, 5.74) is 0.451. The van der Waals surface area contributed by atoms with Crippen LogP contribution < -0.4 is 67.7 Å². The van der Waals surface area contributed by atoms with Crippen molar-refractivity contribution in [2.45, 2.75) is 13.8 Å². The van der Waals surface area contributed by atoms with Crippen LogP contribution in [0.3, 0.4) is 0 Å². The third-order valence-electron chi connectivity index (χ3n) is 0.624. The Hall–Kier alpha value is -1.23. The number of rotatable bonds is 2. The molecule has 0 aromatic heterocycles. The van der Waals surface area contributed by atoms with Crippen molar-refractivity contribution >= 4 is 5.97 Å². The summed E-state index contributed by atoms with van der Waals surface area (Å²) in [6, 6.07) is 0. The first-order valence-electron chi connectivity index (χ1n) is 2.51. The van der Waals surface area contributed by atoms with Crippen LogP contribution in [-0.2, 0) is 9.53 Å². The number of ether oxygens (including phenoxy) is 1. The molecule has 0 rings (SSSR count). The van der Waals surface area contributed by atoms with Gasteiger partial charge < -0.3 is 72.4 Å². The van der Waals surface area contributed by atoms with Gasteiger partial charge in [-0.1, -0.05) is 6.58 Å². The molecular formula is C6H43N11O2. The summed E-state index contributed by atoms with van der Waals surface area (Å²) in [6.07, 6.45) is 0. The Morgan fingerprint density at radius 1 is 0.789 bits per heavy atom. The van der Waals surface area contributed by atoms with Gasteiger partial charge in [0.2, 0.25) is 0 Å². The lowest BCUT2D eigenvalue weighted by Gasteiger charge is -1.96. The molecule has 19 heavy (non-hydrogen) atoms. The van der Waals surface area contributed by atoms with Crippen molar-refractivity contribution in [3.8, 4) is 0 Å². The van der Waals surface area contributed by atoms with Crippen molar-refractivity contribution < 1.29 is 9.53 Å². The number of hydrogen-bond acceptors (Lipinski definition) is 13. The standard InChI is InChI=1S/C6H10O2.11H3N/c1-4-8-6(7)5(2)3;;;;;;;;;;;/h2,4H2,1,3H3;11*1H3. The average Bonchev–Trinajstić information content (AvgIpc) is 1.67. The molecule has 0 saturated carbocycles. The molecule has 0 spiro atoms. The summed E-state index contributed by atoms with van der Waals surface area (Å²) in [4.78, 5) is 10.4. The molecule has 33 N–H and O–H groups in total. The van der Waals surface area contributed by atoms with E-state index in [1.54, 1.807) is 13.8 Å². The van der Waals surface area contributed by atoms with E-state index in [-0.39, 0.29) is 73.6 Å². The Kier molecular flexibility index (Phi) is 719. The first-order valence-corrected chi connectivity index (χ1v) is 2.51. The van der Waals surface area contributed by atoms with E-state index in [1.807, 2.05) is 0 Å². The van der Waals surface area contributed by atoms with Crippen molar-refractivity contribution in [3.05, 3.63) is 12.2 Å². The van der Waals surface area contributed by atoms with Gasteiger partial charge in [0, 0.05) is 5.57 Å². The molecule has 0 heterocycles. The zero-order valence-electron chi connectivity index (χ0n) is 13.0. The van der Waals surface area contributed by atoms with Crippen LogP contribution in [0.4, 0.5) is 0 Å². The number of carbonyl (C=O) groups excluding carboxylic acids is 1. The van der Waals surface area contributed by atoms with Crippen LogP contribution in [0.25, 0.3) is 0 Å². The van der Waals surface area contributed by atoms with Crippen LogP contribution in [0.5, 0.6) is 0 Å². The number of hydrogen-bond donors (Lipinski definition) is 11. The highest BCUT2D eigenvalue weighted by Gasteiger charge is 1.98. The first kappa shape index (κ1) is 150. The van der Waals surface area contributed by atoms with Crippen molar-refractivity contribution in [1.82, 2.24) is 67.7 Å². The molecule has 0 aliphatic rings. The van der Waals surface area contributed by atoms with E-state index in [0.29, 0.717) is 12.2 Å². The van der Waals surface area contributed by atoms with E-state index >= 15 is 0 Å². The largest absolute Gasteiger partial charge is 0.463 e. The summed E-state index contributed by atoms with van der Waals surface area (Å²) in [7, 11) is 0. The number of carbonyl (C=O) groups is 1. The van der Waals surface area contributed by atoms with Crippen LogP contribution in [0, 0.1) is 0 Å². The quantitative estimate of drug-likeness (QED) is 0.258. The van der Waals surface area contributed by atoms with Crippen molar-refractivity contribution in [3.63, 3.8) is 0 Å². The van der Waals surface area contributed by atoms with E-state index in [9.17, 15) is 4.79 Å². The van der Waals surface area contributed by atoms with E-state index < -0.39 is 0 Å². The lowest BCUT2D eigenvalue weighted by atomic mass is 10.4. The smallest absolute Gasteiger partial charge is 0.333 e. The highest BCUT2D eigenvalue weighted by molar-refractivity contribution is 5.86. The summed E-state index contributed by atoms with van der Waals surface area (Å²) < 4.78 is 4.56. The molecule has 0 aliphatic carbocycles. The molecule has 0 unspecified atom stereocenters. The Balaban J connectivity index is -0.00000000445. The van der Waals surface area contributed by atoms with Gasteiger partial charge in [0.05, 0.1) is 6.61 Å². The van der Waals surface area contributed by atoms with Gasteiger partial charge in [-0.2, -0.15) is 0 Å². The highest BCUT2D eigenvalue weighted by atomic mass is 16.5. The molecular weight excluding hydrogens is 258 g/mol. The van der Waals surface area contributed by atoms with Crippen molar-refractivity contribution in [1.29, 1.82) is 0 Å². The van der Waals surface area contributed by atoms with E-state index in [0.717, 1.165) is 0 Å². The van der Waals surface area contributed by atoms with E-state index in [2.05, 4.69) is 11.3 Å². The van der Waals surface area contributed by atoms with Crippen molar-refractivity contribution in [2.24, 2.45) is 0 Å². The molecule has 0 fully saturated rings. The molecule has 13 nitrogen and oxygen atoms in total. The molecule has 0 radical (unpaired) electrons. The summed E-state index contributed by atoms with van der Waals surface area (Å²) in [5.74, 6) is -0.312. The zero-order valence-corrected chi connectivity index (χ0v) is 13.0. The highest BCUT2D eigenvalue weighted by Crippen LogP contribution is 1.89. The van der Waals surface area contributed by atoms with Gasteiger partial charge in [-0.05, 0) is 13.8 Å². The predicted molar refractivity (Wildman–Crippen MR) is 86.7 cm³/mol. The van der Waals surface area contributed by atoms with Gasteiger partial charge in [-0.25, -0.2) is 4.79 Å². The molecule has 0 aliphatic heterocycles. The summed E-state index contributed by atoms with van der Waals surface area (Å²) >= 11 is 0. The van der Waals surface area contributed by atoms with Crippen LogP contribution in [0.2, 0.25) is 0 Å². The van der Waals surface area contributed by atoms with E-state index in [4.69, 9.17) is 0 Å². The number of esters is 1. The lowest BCUT2D eigenvalue weighted by Crippen LogP contribution is -2.03. The minimum absolute atomic E-state index is 0. The van der Waals surface area contributed by atoms with Gasteiger partial charge in [0.25, 0.3) is 0 Å². The minimum Gasteiger partial charge on any atom is -0.463 e. The predicted octanol–water partition coefficient (Wildman–Crippen LogP) is 2.91. The van der Waals surface area contributed by atoms with Gasteiger partial charge in [-0.15, -0.1) is 0 Å². The maximum Gasteiger partial charge on any atom is 0.333 e. The zero-order chi connectivity index (χ0) is 6.57. The maximum absolute atomic E-state index is 10.4. The monoisotopic (exact) mass is 301 g/mol. The minimum atomic E-state index is -0.312. The fraction of sp³-hybridized carbons (Fsp3) is 0.500.